The van der Waals surface area contributed by atoms with Gasteiger partial charge in [0.05, 0.1) is 23.4 Å². The third kappa shape index (κ3) is 5.20. The molecule has 33 heavy (non-hydrogen) atoms. The van der Waals surface area contributed by atoms with Crippen LogP contribution in [0.2, 0.25) is 0 Å². The van der Waals surface area contributed by atoms with Crippen LogP contribution in [0.3, 0.4) is 0 Å². The average molecular weight is 448 g/mol. The predicted octanol–water partition coefficient (Wildman–Crippen LogP) is 5.69. The fraction of sp³-hybridized carbons (Fsp3) is 0.370. The minimum atomic E-state index is -0.642. The predicted molar refractivity (Wildman–Crippen MR) is 128 cm³/mol. The molecule has 0 bridgehead atoms. The van der Waals surface area contributed by atoms with Crippen LogP contribution in [0.4, 0.5) is 4.39 Å². The summed E-state index contributed by atoms with van der Waals surface area (Å²) < 4.78 is 16.2. The van der Waals surface area contributed by atoms with Crippen LogP contribution in [0.1, 0.15) is 68.8 Å². The fourth-order valence-corrected chi connectivity index (χ4v) is 4.18. The molecule has 172 valence electrons. The molecule has 5 nitrogen and oxygen atoms in total. The minimum absolute atomic E-state index is 0.0524. The normalized spacial score (nSPS) is 11.9. The van der Waals surface area contributed by atoms with Gasteiger partial charge < -0.3 is 5.11 Å². The molecule has 0 aliphatic carbocycles. The van der Waals surface area contributed by atoms with Crippen molar-refractivity contribution in [2.24, 2.45) is 7.05 Å². The van der Waals surface area contributed by atoms with E-state index in [9.17, 15) is 14.3 Å². The highest BCUT2D eigenvalue weighted by atomic mass is 19.1. The van der Waals surface area contributed by atoms with Gasteiger partial charge in [0.1, 0.15) is 17.7 Å². The van der Waals surface area contributed by atoms with Gasteiger partial charge in [-0.3, -0.25) is 9.36 Å². The standard InChI is InChI=1S/C27H30FN3O2/c1-4-6-8-20(7-5-2)26-30-25(21-13-14-22(16-29)23(28)15-21)24(27(33)31(26)3)19-11-9-18(17-32)10-12-19/h9-15,20,32H,4-8,17H2,1-3H3. The zero-order chi connectivity index (χ0) is 24.0. The monoisotopic (exact) mass is 447 g/mol. The minimum Gasteiger partial charge on any atom is -0.392 e. The summed E-state index contributed by atoms with van der Waals surface area (Å²) in [5, 5.41) is 18.5. The maximum absolute atomic E-state index is 14.5. The van der Waals surface area contributed by atoms with E-state index >= 15 is 0 Å². The molecule has 1 unspecified atom stereocenters. The molecule has 1 aromatic heterocycles. The lowest BCUT2D eigenvalue weighted by molar-refractivity contribution is 0.282. The Hall–Kier alpha value is -3.30. The second-order valence-electron chi connectivity index (χ2n) is 8.35. The lowest BCUT2D eigenvalue weighted by Crippen LogP contribution is -2.27. The van der Waals surface area contributed by atoms with Gasteiger partial charge in [-0.2, -0.15) is 5.26 Å². The molecule has 1 atom stereocenters. The number of nitrogens with zero attached hydrogens (tertiary/aromatic N) is 3. The van der Waals surface area contributed by atoms with Gasteiger partial charge in [0, 0.05) is 18.5 Å². The van der Waals surface area contributed by atoms with Crippen LogP contribution in [0.25, 0.3) is 22.4 Å². The van der Waals surface area contributed by atoms with Crippen molar-refractivity contribution in [2.75, 3.05) is 0 Å². The number of aliphatic hydroxyl groups excluding tert-OH is 1. The zero-order valence-corrected chi connectivity index (χ0v) is 19.4. The van der Waals surface area contributed by atoms with Gasteiger partial charge in [-0.05, 0) is 36.1 Å². The van der Waals surface area contributed by atoms with E-state index in [1.54, 1.807) is 41.9 Å². The van der Waals surface area contributed by atoms with Crippen molar-refractivity contribution in [3.63, 3.8) is 0 Å². The lowest BCUT2D eigenvalue weighted by Gasteiger charge is -2.21. The van der Waals surface area contributed by atoms with E-state index in [1.165, 1.54) is 12.1 Å². The van der Waals surface area contributed by atoms with E-state index in [2.05, 4.69) is 13.8 Å². The first-order chi connectivity index (χ1) is 15.9. The van der Waals surface area contributed by atoms with Crippen molar-refractivity contribution in [1.82, 2.24) is 9.55 Å². The number of unbranched alkanes of at least 4 members (excludes halogenated alkanes) is 1. The average Bonchev–Trinajstić information content (AvgIpc) is 2.83. The molecule has 0 aliphatic rings. The van der Waals surface area contributed by atoms with Gasteiger partial charge in [0.15, 0.2) is 0 Å². The van der Waals surface area contributed by atoms with Crippen LogP contribution in [0.5, 0.6) is 0 Å². The molecule has 0 radical (unpaired) electrons. The molecule has 0 fully saturated rings. The van der Waals surface area contributed by atoms with E-state index in [1.807, 2.05) is 6.07 Å². The number of nitriles is 1. The summed E-state index contributed by atoms with van der Waals surface area (Å²) in [6.45, 7) is 4.16. The molecule has 0 saturated heterocycles. The van der Waals surface area contributed by atoms with Crippen LogP contribution in [-0.2, 0) is 13.7 Å². The van der Waals surface area contributed by atoms with E-state index < -0.39 is 5.82 Å². The van der Waals surface area contributed by atoms with E-state index in [4.69, 9.17) is 10.2 Å². The molecule has 2 aromatic carbocycles. The Morgan fingerprint density at radius 3 is 2.36 bits per heavy atom. The summed E-state index contributed by atoms with van der Waals surface area (Å²) in [4.78, 5) is 18.6. The van der Waals surface area contributed by atoms with Gasteiger partial charge in [-0.15, -0.1) is 0 Å². The van der Waals surface area contributed by atoms with Gasteiger partial charge in [-0.1, -0.05) is 63.4 Å². The summed E-state index contributed by atoms with van der Waals surface area (Å²) in [5.41, 5.74) is 2.36. The summed E-state index contributed by atoms with van der Waals surface area (Å²) in [7, 11) is 1.74. The Labute approximate surface area is 194 Å². The first-order valence-electron chi connectivity index (χ1n) is 11.5. The number of rotatable bonds is 9. The summed E-state index contributed by atoms with van der Waals surface area (Å²) in [6.07, 6.45) is 4.89. The van der Waals surface area contributed by atoms with Crippen molar-refractivity contribution in [3.05, 3.63) is 75.6 Å². The first kappa shape index (κ1) is 24.3. The van der Waals surface area contributed by atoms with Crippen LogP contribution in [0, 0.1) is 17.1 Å². The highest BCUT2D eigenvalue weighted by molar-refractivity contribution is 5.80. The molecule has 0 aliphatic heterocycles. The van der Waals surface area contributed by atoms with Crippen molar-refractivity contribution < 1.29 is 9.50 Å². The Bertz CT molecular complexity index is 1210. The highest BCUT2D eigenvalue weighted by Crippen LogP contribution is 2.33. The molecule has 6 heteroatoms. The van der Waals surface area contributed by atoms with Gasteiger partial charge >= 0.3 is 0 Å². The molecule has 1 heterocycles. The molecule has 3 rings (SSSR count). The lowest BCUT2D eigenvalue weighted by atomic mass is 9.94. The molecular weight excluding hydrogens is 417 g/mol. The number of aromatic nitrogens is 2. The second kappa shape index (κ2) is 11.0. The number of hydrogen-bond donors (Lipinski definition) is 1. The Balaban J connectivity index is 2.29. The van der Waals surface area contributed by atoms with Crippen molar-refractivity contribution in [2.45, 2.75) is 58.5 Å². The maximum atomic E-state index is 14.5. The van der Waals surface area contributed by atoms with Gasteiger partial charge in [-0.25, -0.2) is 9.37 Å². The topological polar surface area (TPSA) is 78.9 Å². The molecule has 3 aromatic rings. The Morgan fingerprint density at radius 2 is 1.79 bits per heavy atom. The molecular formula is C27H30FN3O2. The van der Waals surface area contributed by atoms with E-state index in [0.717, 1.165) is 37.7 Å². The number of benzene rings is 2. The molecule has 0 amide bonds. The third-order valence-electron chi connectivity index (χ3n) is 6.02. The Kier molecular flexibility index (Phi) is 8.13. The van der Waals surface area contributed by atoms with Crippen molar-refractivity contribution >= 4 is 0 Å². The SMILES string of the molecule is CCCCC(CCC)c1nc(-c2ccc(C#N)c(F)c2)c(-c2ccc(CO)cc2)c(=O)n1C. The largest absolute Gasteiger partial charge is 0.392 e. The zero-order valence-electron chi connectivity index (χ0n) is 19.4. The summed E-state index contributed by atoms with van der Waals surface area (Å²) in [5.74, 6) is 0.183. The molecule has 1 N–H and O–H groups in total. The molecule has 0 saturated carbocycles. The molecule has 0 spiro atoms. The number of halogens is 1. The quantitative estimate of drug-likeness (QED) is 0.457. The van der Waals surface area contributed by atoms with Crippen LogP contribution in [0.15, 0.2) is 47.3 Å². The van der Waals surface area contributed by atoms with E-state index in [0.29, 0.717) is 28.2 Å². The van der Waals surface area contributed by atoms with E-state index in [-0.39, 0.29) is 23.6 Å². The number of aliphatic hydroxyl groups is 1. The third-order valence-corrected chi connectivity index (χ3v) is 6.02. The maximum Gasteiger partial charge on any atom is 0.261 e. The summed E-state index contributed by atoms with van der Waals surface area (Å²) >= 11 is 0. The highest BCUT2D eigenvalue weighted by Gasteiger charge is 2.23. The fourth-order valence-electron chi connectivity index (χ4n) is 4.18. The van der Waals surface area contributed by atoms with Crippen molar-refractivity contribution in [1.29, 1.82) is 5.26 Å². The van der Waals surface area contributed by atoms with Crippen molar-refractivity contribution in [3.8, 4) is 28.5 Å². The summed E-state index contributed by atoms with van der Waals surface area (Å²) in [6, 6.07) is 13.2. The van der Waals surface area contributed by atoms with Crippen LogP contribution in [-0.4, -0.2) is 14.7 Å². The smallest absolute Gasteiger partial charge is 0.261 e. The van der Waals surface area contributed by atoms with Gasteiger partial charge in [0.2, 0.25) is 0 Å². The Morgan fingerprint density at radius 1 is 1.09 bits per heavy atom. The number of hydrogen-bond acceptors (Lipinski definition) is 4. The van der Waals surface area contributed by atoms with Crippen LogP contribution >= 0.6 is 0 Å². The van der Waals surface area contributed by atoms with Crippen LogP contribution < -0.4 is 5.56 Å². The first-order valence-corrected chi connectivity index (χ1v) is 11.5. The van der Waals surface area contributed by atoms with Gasteiger partial charge in [0.25, 0.3) is 5.56 Å². The second-order valence-corrected chi connectivity index (χ2v) is 8.35.